The van der Waals surface area contributed by atoms with E-state index >= 15 is 0 Å². The van der Waals surface area contributed by atoms with E-state index in [-0.39, 0.29) is 17.4 Å². The summed E-state index contributed by atoms with van der Waals surface area (Å²) in [6.07, 6.45) is 8.56. The van der Waals surface area contributed by atoms with Crippen LogP contribution in [0.3, 0.4) is 0 Å². The monoisotopic (exact) mass is 405 g/mol. The average molecular weight is 406 g/mol. The fourth-order valence-corrected chi connectivity index (χ4v) is 5.74. The molecule has 0 aromatic heterocycles. The number of methoxy groups -OCH3 is 1. The van der Waals surface area contributed by atoms with Gasteiger partial charge in [0.05, 0.1) is 18.2 Å². The van der Waals surface area contributed by atoms with Crippen molar-refractivity contribution in [2.45, 2.75) is 64.5 Å². The zero-order valence-corrected chi connectivity index (χ0v) is 18.3. The summed E-state index contributed by atoms with van der Waals surface area (Å²) in [5.41, 5.74) is 6.82. The van der Waals surface area contributed by atoms with Gasteiger partial charge in [-0.15, -0.1) is 0 Å². The lowest BCUT2D eigenvalue weighted by molar-refractivity contribution is 0.105. The average Bonchev–Trinajstić information content (AvgIpc) is 2.72. The minimum Gasteiger partial charge on any atom is -0.504 e. The van der Waals surface area contributed by atoms with Crippen molar-refractivity contribution in [2.75, 3.05) is 12.4 Å². The third-order valence-electron chi connectivity index (χ3n) is 6.86. The molecule has 0 spiro atoms. The summed E-state index contributed by atoms with van der Waals surface area (Å²) < 4.78 is 12.3. The summed E-state index contributed by atoms with van der Waals surface area (Å²) in [6.45, 7) is 6.60. The molecule has 0 radical (unpaired) electrons. The van der Waals surface area contributed by atoms with E-state index in [1.165, 1.54) is 48.8 Å². The third-order valence-corrected chi connectivity index (χ3v) is 6.86. The number of anilines is 1. The number of phenolic OH excluding ortho intramolecular Hbond substituents is 1. The number of rotatable bonds is 2. The van der Waals surface area contributed by atoms with Crippen LogP contribution in [0.1, 0.15) is 70.1 Å². The van der Waals surface area contributed by atoms with E-state index in [4.69, 9.17) is 9.47 Å². The summed E-state index contributed by atoms with van der Waals surface area (Å²) in [4.78, 5) is 0. The van der Waals surface area contributed by atoms with Crippen LogP contribution in [-0.2, 0) is 0 Å². The van der Waals surface area contributed by atoms with Gasteiger partial charge in [-0.05, 0) is 62.9 Å². The summed E-state index contributed by atoms with van der Waals surface area (Å²) in [5, 5.41) is 14.2. The van der Waals surface area contributed by atoms with Gasteiger partial charge in [-0.25, -0.2) is 0 Å². The predicted molar refractivity (Wildman–Crippen MR) is 121 cm³/mol. The molecule has 3 aliphatic rings. The van der Waals surface area contributed by atoms with Gasteiger partial charge in [0.2, 0.25) is 0 Å². The first-order chi connectivity index (χ1) is 14.4. The third kappa shape index (κ3) is 2.96. The normalized spacial score (nSPS) is 22.0. The Morgan fingerprint density at radius 2 is 1.83 bits per heavy atom. The van der Waals surface area contributed by atoms with Gasteiger partial charge in [0.15, 0.2) is 11.5 Å². The number of phenols is 1. The zero-order chi connectivity index (χ0) is 21.0. The molecule has 2 aromatic rings. The Morgan fingerprint density at radius 1 is 1.07 bits per heavy atom. The first-order valence-electron chi connectivity index (χ1n) is 11.1. The molecule has 2 aromatic carbocycles. The molecule has 4 heteroatoms. The Bertz CT molecular complexity index is 1030. The van der Waals surface area contributed by atoms with Crippen molar-refractivity contribution in [3.05, 3.63) is 41.5 Å². The molecular weight excluding hydrogens is 374 g/mol. The second-order valence-electron chi connectivity index (χ2n) is 9.55. The Labute approximate surface area is 178 Å². The highest BCUT2D eigenvalue weighted by atomic mass is 16.5. The number of ether oxygens (including phenoxy) is 2. The first kappa shape index (κ1) is 19.3. The molecule has 4 nitrogen and oxygen atoms in total. The number of benzene rings is 2. The molecule has 2 aliphatic heterocycles. The van der Waals surface area contributed by atoms with Crippen molar-refractivity contribution in [3.8, 4) is 28.4 Å². The topological polar surface area (TPSA) is 50.7 Å². The number of aromatic hydroxyl groups is 1. The summed E-state index contributed by atoms with van der Waals surface area (Å²) in [7, 11) is 1.61. The Hall–Kier alpha value is -2.62. The molecule has 1 atom stereocenters. The van der Waals surface area contributed by atoms with Crippen LogP contribution in [0, 0.1) is 5.92 Å². The standard InChI is InChI=1S/C26H31NO3/c1-15-14-26(2,3)27-18-11-10-17-22-20(13-12-19(28)25(22)29-4)30-24(23(17)21(15)18)16-8-6-5-7-9-16/h10-14,16,24,27-28H,5-9H2,1-4H3. The summed E-state index contributed by atoms with van der Waals surface area (Å²) in [5.74, 6) is 1.94. The molecule has 0 bridgehead atoms. The van der Waals surface area contributed by atoms with Crippen molar-refractivity contribution in [1.82, 2.24) is 0 Å². The van der Waals surface area contributed by atoms with Crippen LogP contribution in [0.15, 0.2) is 30.3 Å². The highest BCUT2D eigenvalue weighted by Crippen LogP contribution is 2.56. The minimum absolute atomic E-state index is 0.0170. The van der Waals surface area contributed by atoms with Gasteiger partial charge in [-0.1, -0.05) is 31.4 Å². The van der Waals surface area contributed by atoms with Crippen LogP contribution in [0.4, 0.5) is 5.69 Å². The Morgan fingerprint density at radius 3 is 2.57 bits per heavy atom. The molecule has 0 amide bonds. The minimum atomic E-state index is -0.0882. The lowest BCUT2D eigenvalue weighted by atomic mass is 9.75. The highest BCUT2D eigenvalue weighted by molar-refractivity contribution is 5.92. The second kappa shape index (κ2) is 6.97. The van der Waals surface area contributed by atoms with Gasteiger partial charge >= 0.3 is 0 Å². The van der Waals surface area contributed by atoms with Crippen LogP contribution in [-0.4, -0.2) is 17.8 Å². The lowest BCUT2D eigenvalue weighted by Crippen LogP contribution is -2.33. The fraction of sp³-hybridized carbons (Fsp3) is 0.462. The van der Waals surface area contributed by atoms with Crippen LogP contribution < -0.4 is 14.8 Å². The molecule has 0 saturated heterocycles. The molecule has 2 heterocycles. The van der Waals surface area contributed by atoms with Crippen molar-refractivity contribution in [3.63, 3.8) is 0 Å². The van der Waals surface area contributed by atoms with Crippen LogP contribution in [0.2, 0.25) is 0 Å². The van der Waals surface area contributed by atoms with E-state index in [9.17, 15) is 5.11 Å². The van der Waals surface area contributed by atoms with Gasteiger partial charge in [0.25, 0.3) is 0 Å². The van der Waals surface area contributed by atoms with Gasteiger partial charge in [-0.3, -0.25) is 0 Å². The van der Waals surface area contributed by atoms with Gasteiger partial charge in [0, 0.05) is 22.7 Å². The second-order valence-corrected chi connectivity index (χ2v) is 9.55. The van der Waals surface area contributed by atoms with Gasteiger partial charge < -0.3 is 19.9 Å². The van der Waals surface area contributed by atoms with E-state index in [0.717, 1.165) is 22.6 Å². The first-order valence-corrected chi connectivity index (χ1v) is 11.1. The van der Waals surface area contributed by atoms with E-state index < -0.39 is 0 Å². The largest absolute Gasteiger partial charge is 0.504 e. The maximum absolute atomic E-state index is 10.5. The number of allylic oxidation sites excluding steroid dienone is 1. The smallest absolute Gasteiger partial charge is 0.172 e. The maximum atomic E-state index is 10.5. The molecule has 1 fully saturated rings. The fourth-order valence-electron chi connectivity index (χ4n) is 5.74. The summed E-state index contributed by atoms with van der Waals surface area (Å²) >= 11 is 0. The van der Waals surface area contributed by atoms with Crippen molar-refractivity contribution >= 4 is 11.3 Å². The molecule has 2 N–H and O–H groups in total. The van der Waals surface area contributed by atoms with Crippen LogP contribution in [0.25, 0.3) is 16.7 Å². The molecule has 158 valence electrons. The molecule has 1 saturated carbocycles. The van der Waals surface area contributed by atoms with Crippen LogP contribution >= 0.6 is 0 Å². The Kier molecular flexibility index (Phi) is 4.49. The maximum Gasteiger partial charge on any atom is 0.172 e. The van der Waals surface area contributed by atoms with E-state index in [1.54, 1.807) is 13.2 Å². The Balaban J connectivity index is 1.78. The van der Waals surface area contributed by atoms with E-state index in [1.807, 2.05) is 6.07 Å². The number of fused-ring (bicyclic) bond motifs is 5. The molecule has 30 heavy (non-hydrogen) atoms. The molecule has 1 unspecified atom stereocenters. The predicted octanol–water partition coefficient (Wildman–Crippen LogP) is 6.69. The summed E-state index contributed by atoms with van der Waals surface area (Å²) in [6, 6.07) is 7.90. The molecular formula is C26H31NO3. The SMILES string of the molecule is COc1c(O)ccc2c1-c1ccc3c(c1C(C1CCCCC1)O2)C(C)=CC(C)(C)N3. The van der Waals surface area contributed by atoms with Crippen molar-refractivity contribution in [1.29, 1.82) is 0 Å². The van der Waals surface area contributed by atoms with Crippen molar-refractivity contribution in [2.24, 2.45) is 5.92 Å². The number of hydrogen-bond donors (Lipinski definition) is 2. The van der Waals surface area contributed by atoms with Gasteiger partial charge in [-0.2, -0.15) is 0 Å². The molecule has 5 rings (SSSR count). The number of hydrogen-bond acceptors (Lipinski definition) is 4. The van der Waals surface area contributed by atoms with Crippen LogP contribution in [0.5, 0.6) is 17.2 Å². The quantitative estimate of drug-likeness (QED) is 0.584. The zero-order valence-electron chi connectivity index (χ0n) is 18.3. The van der Waals surface area contributed by atoms with E-state index in [0.29, 0.717) is 11.7 Å². The van der Waals surface area contributed by atoms with Gasteiger partial charge in [0.1, 0.15) is 11.9 Å². The van der Waals surface area contributed by atoms with Crippen molar-refractivity contribution < 1.29 is 14.6 Å². The molecule has 1 aliphatic carbocycles. The van der Waals surface area contributed by atoms with E-state index in [2.05, 4.69) is 44.3 Å². The number of nitrogens with one attached hydrogen (secondary N) is 1. The lowest BCUT2D eigenvalue weighted by Gasteiger charge is -2.40. The highest BCUT2D eigenvalue weighted by Gasteiger charge is 2.39.